The number of aliphatic hydroxyl groups is 1. The molecule has 2 aliphatic rings. The summed E-state index contributed by atoms with van der Waals surface area (Å²) >= 11 is 0. The van der Waals surface area contributed by atoms with E-state index in [1.165, 1.54) is 29.7 Å². The van der Waals surface area contributed by atoms with Gasteiger partial charge in [0.1, 0.15) is 0 Å². The number of nitrogens with zero attached hydrogens (tertiary/aromatic N) is 2. The first kappa shape index (κ1) is 21.8. The number of aryl methyl sites for hydroxylation is 1. The molecule has 2 N–H and O–H groups in total. The fraction of sp³-hybridized carbons (Fsp3) is 0.500. The molecule has 0 aliphatic carbocycles. The third kappa shape index (κ3) is 5.86. The molecule has 5 nitrogen and oxygen atoms in total. The van der Waals surface area contributed by atoms with Crippen LogP contribution in [0.2, 0.25) is 0 Å². The van der Waals surface area contributed by atoms with E-state index in [2.05, 4.69) is 51.5 Å². The van der Waals surface area contributed by atoms with Crippen LogP contribution in [0.5, 0.6) is 0 Å². The summed E-state index contributed by atoms with van der Waals surface area (Å²) in [5.41, 5.74) is 4.76. The van der Waals surface area contributed by atoms with Gasteiger partial charge in [0.05, 0.1) is 0 Å². The molecule has 1 unspecified atom stereocenters. The third-order valence-electron chi connectivity index (χ3n) is 6.62. The molecule has 0 spiro atoms. The maximum Gasteiger partial charge on any atom is 0.251 e. The Bertz CT molecular complexity index is 852. The van der Waals surface area contributed by atoms with Crippen molar-refractivity contribution in [1.82, 2.24) is 10.2 Å². The first-order valence-electron chi connectivity index (χ1n) is 11.8. The van der Waals surface area contributed by atoms with Gasteiger partial charge in [-0.05, 0) is 73.9 Å². The van der Waals surface area contributed by atoms with E-state index >= 15 is 0 Å². The normalized spacial score (nSPS) is 18.7. The molecule has 4 rings (SSSR count). The number of benzene rings is 2. The Morgan fingerprint density at radius 3 is 2.74 bits per heavy atom. The first-order valence-corrected chi connectivity index (χ1v) is 11.8. The molecule has 1 saturated heterocycles. The van der Waals surface area contributed by atoms with Crippen LogP contribution < -0.4 is 10.2 Å². The number of amides is 1. The molecule has 1 amide bonds. The molecule has 2 aromatic rings. The zero-order chi connectivity index (χ0) is 21.5. The maximum absolute atomic E-state index is 12.6. The summed E-state index contributed by atoms with van der Waals surface area (Å²) in [6, 6.07) is 16.7. The topological polar surface area (TPSA) is 55.8 Å². The molecule has 1 fully saturated rings. The lowest BCUT2D eigenvalue weighted by molar-refractivity contribution is 0.0954. The van der Waals surface area contributed by atoms with Gasteiger partial charge in [-0.15, -0.1) is 0 Å². The number of fused-ring (bicyclic) bond motifs is 1. The van der Waals surface area contributed by atoms with Crippen LogP contribution in [0, 0.1) is 5.92 Å². The van der Waals surface area contributed by atoms with Gasteiger partial charge in [-0.25, -0.2) is 0 Å². The number of likely N-dealkylation sites (tertiary alicyclic amines) is 1. The molecule has 31 heavy (non-hydrogen) atoms. The minimum absolute atomic E-state index is 0.00731. The van der Waals surface area contributed by atoms with Gasteiger partial charge in [-0.1, -0.05) is 30.3 Å². The van der Waals surface area contributed by atoms with Crippen LogP contribution in [0.25, 0.3) is 0 Å². The molecule has 0 saturated carbocycles. The lowest BCUT2D eigenvalue weighted by Crippen LogP contribution is -2.37. The van der Waals surface area contributed by atoms with Crippen molar-refractivity contribution in [3.63, 3.8) is 0 Å². The number of hydrogen-bond acceptors (Lipinski definition) is 4. The standard InChI is InChI=1S/C26H35N3O2/c30-18-4-14-28-16-12-22(20-28)19-21-8-10-24(11-9-21)26(31)27-13-17-29-15-3-6-23-5-1-2-7-25(23)29/h1-2,5,7-11,22,30H,3-4,6,12-20H2,(H,27,31). The molecule has 2 heterocycles. The Hall–Kier alpha value is -2.37. The maximum atomic E-state index is 12.6. The van der Waals surface area contributed by atoms with Crippen molar-refractivity contribution in [1.29, 1.82) is 0 Å². The predicted molar refractivity (Wildman–Crippen MR) is 126 cm³/mol. The lowest BCUT2D eigenvalue weighted by atomic mass is 9.98. The highest BCUT2D eigenvalue weighted by Crippen LogP contribution is 2.26. The number of para-hydroxylation sites is 1. The third-order valence-corrected chi connectivity index (χ3v) is 6.62. The number of hydrogen-bond donors (Lipinski definition) is 2. The molecule has 0 aromatic heterocycles. The van der Waals surface area contributed by atoms with E-state index in [4.69, 9.17) is 5.11 Å². The van der Waals surface area contributed by atoms with Crippen molar-refractivity contribution in [2.45, 2.75) is 32.1 Å². The molecule has 1 atom stereocenters. The Balaban J connectivity index is 1.22. The average Bonchev–Trinajstić information content (AvgIpc) is 3.25. The van der Waals surface area contributed by atoms with E-state index < -0.39 is 0 Å². The highest BCUT2D eigenvalue weighted by molar-refractivity contribution is 5.94. The van der Waals surface area contributed by atoms with Gasteiger partial charge >= 0.3 is 0 Å². The van der Waals surface area contributed by atoms with Gasteiger partial charge < -0.3 is 20.2 Å². The number of carbonyl (C=O) groups is 1. The van der Waals surface area contributed by atoms with Crippen LogP contribution in [-0.2, 0) is 12.8 Å². The Labute approximate surface area is 186 Å². The predicted octanol–water partition coefficient (Wildman–Crippen LogP) is 3.12. The van der Waals surface area contributed by atoms with E-state index in [0.717, 1.165) is 57.5 Å². The summed E-state index contributed by atoms with van der Waals surface area (Å²) in [6.45, 7) is 6.07. The van der Waals surface area contributed by atoms with E-state index in [9.17, 15) is 4.79 Å². The highest BCUT2D eigenvalue weighted by Gasteiger charge is 2.22. The highest BCUT2D eigenvalue weighted by atomic mass is 16.3. The summed E-state index contributed by atoms with van der Waals surface area (Å²) in [6.07, 6.45) is 5.46. The quantitative estimate of drug-likeness (QED) is 0.653. The van der Waals surface area contributed by atoms with Crippen molar-refractivity contribution >= 4 is 11.6 Å². The molecular weight excluding hydrogens is 386 g/mol. The molecule has 2 aromatic carbocycles. The van der Waals surface area contributed by atoms with E-state index in [1.807, 2.05) is 12.1 Å². The van der Waals surface area contributed by atoms with Crippen LogP contribution in [0.1, 0.15) is 40.7 Å². The summed E-state index contributed by atoms with van der Waals surface area (Å²) in [5.74, 6) is 0.679. The molecule has 5 heteroatoms. The second-order valence-electron chi connectivity index (χ2n) is 8.91. The summed E-state index contributed by atoms with van der Waals surface area (Å²) in [4.78, 5) is 17.4. The molecular formula is C26H35N3O2. The van der Waals surface area contributed by atoms with E-state index in [0.29, 0.717) is 12.5 Å². The van der Waals surface area contributed by atoms with Crippen molar-refractivity contribution in [3.8, 4) is 0 Å². The average molecular weight is 422 g/mol. The number of aliphatic hydroxyl groups excluding tert-OH is 1. The van der Waals surface area contributed by atoms with Crippen LogP contribution in [-0.4, -0.2) is 61.8 Å². The summed E-state index contributed by atoms with van der Waals surface area (Å²) in [5, 5.41) is 12.1. The number of anilines is 1. The fourth-order valence-corrected chi connectivity index (χ4v) is 4.95. The monoisotopic (exact) mass is 421 g/mol. The SMILES string of the molecule is O=C(NCCN1CCCc2ccccc21)c1ccc(CC2CCN(CCCO)C2)cc1. The van der Waals surface area contributed by atoms with Gasteiger partial charge in [-0.2, -0.15) is 0 Å². The number of carbonyl (C=O) groups excluding carboxylic acids is 1. The van der Waals surface area contributed by atoms with Gasteiger partial charge in [0, 0.05) is 50.6 Å². The zero-order valence-corrected chi connectivity index (χ0v) is 18.4. The largest absolute Gasteiger partial charge is 0.396 e. The lowest BCUT2D eigenvalue weighted by Gasteiger charge is -2.31. The Morgan fingerprint density at radius 2 is 1.90 bits per heavy atom. The van der Waals surface area contributed by atoms with E-state index in [-0.39, 0.29) is 12.5 Å². The van der Waals surface area contributed by atoms with Crippen LogP contribution in [0.3, 0.4) is 0 Å². The fourth-order valence-electron chi connectivity index (χ4n) is 4.95. The Kier molecular flexibility index (Phi) is 7.60. The van der Waals surface area contributed by atoms with Crippen molar-refractivity contribution in [3.05, 3.63) is 65.2 Å². The number of rotatable bonds is 9. The minimum atomic E-state index is 0.00731. The van der Waals surface area contributed by atoms with Crippen LogP contribution >= 0.6 is 0 Å². The first-order chi connectivity index (χ1) is 15.2. The Morgan fingerprint density at radius 1 is 1.06 bits per heavy atom. The van der Waals surface area contributed by atoms with Gasteiger partial charge in [0.15, 0.2) is 0 Å². The molecule has 166 valence electrons. The van der Waals surface area contributed by atoms with Crippen molar-refractivity contribution < 1.29 is 9.90 Å². The van der Waals surface area contributed by atoms with Crippen molar-refractivity contribution in [2.24, 2.45) is 5.92 Å². The van der Waals surface area contributed by atoms with Gasteiger partial charge in [0.25, 0.3) is 5.91 Å². The number of nitrogens with one attached hydrogen (secondary N) is 1. The van der Waals surface area contributed by atoms with Crippen LogP contribution in [0.15, 0.2) is 48.5 Å². The molecule has 0 bridgehead atoms. The second-order valence-corrected chi connectivity index (χ2v) is 8.91. The van der Waals surface area contributed by atoms with Gasteiger partial charge in [0.2, 0.25) is 0 Å². The van der Waals surface area contributed by atoms with Crippen molar-refractivity contribution in [2.75, 3.05) is 50.8 Å². The van der Waals surface area contributed by atoms with E-state index in [1.54, 1.807) is 0 Å². The van der Waals surface area contributed by atoms with Crippen LogP contribution in [0.4, 0.5) is 5.69 Å². The molecule has 2 aliphatic heterocycles. The second kappa shape index (κ2) is 10.8. The smallest absolute Gasteiger partial charge is 0.251 e. The minimum Gasteiger partial charge on any atom is -0.396 e. The summed E-state index contributed by atoms with van der Waals surface area (Å²) < 4.78 is 0. The molecule has 0 radical (unpaired) electrons. The summed E-state index contributed by atoms with van der Waals surface area (Å²) in [7, 11) is 0. The van der Waals surface area contributed by atoms with Gasteiger partial charge in [-0.3, -0.25) is 4.79 Å². The zero-order valence-electron chi connectivity index (χ0n) is 18.4.